The van der Waals surface area contributed by atoms with Gasteiger partial charge in [0, 0.05) is 12.7 Å². The summed E-state index contributed by atoms with van der Waals surface area (Å²) in [6, 6.07) is 9.11. The van der Waals surface area contributed by atoms with Crippen molar-refractivity contribution in [2.24, 2.45) is 0 Å². The summed E-state index contributed by atoms with van der Waals surface area (Å²) < 4.78 is 38.7. The zero-order valence-corrected chi connectivity index (χ0v) is 12.6. The number of carbonyl (C=O) groups is 1. The Labute approximate surface area is 136 Å². The molecular formula is C17H15F3N2O2. The topological polar surface area (TPSA) is 53.4 Å². The van der Waals surface area contributed by atoms with E-state index in [0.717, 1.165) is 12.1 Å². The summed E-state index contributed by atoms with van der Waals surface area (Å²) in [6.07, 6.45) is -3.57. The number of hydrogen-bond acceptors (Lipinski definition) is 3. The molecule has 7 heteroatoms. The zero-order valence-electron chi connectivity index (χ0n) is 12.6. The number of alkyl halides is 3. The van der Waals surface area contributed by atoms with E-state index < -0.39 is 29.8 Å². The lowest BCUT2D eigenvalue weighted by Crippen LogP contribution is -2.32. The Morgan fingerprint density at radius 3 is 2.67 bits per heavy atom. The van der Waals surface area contributed by atoms with E-state index in [-0.39, 0.29) is 18.7 Å². The van der Waals surface area contributed by atoms with Gasteiger partial charge in [0.15, 0.2) is 0 Å². The molecule has 1 N–H and O–H groups in total. The number of pyridine rings is 1. The molecule has 1 aromatic carbocycles. The first-order chi connectivity index (χ1) is 11.4. The number of aliphatic hydroxyl groups excluding tert-OH is 1. The number of hydrogen-bond donors (Lipinski definition) is 1. The lowest BCUT2D eigenvalue weighted by molar-refractivity contribution is -0.137. The molecule has 0 saturated carbocycles. The maximum absolute atomic E-state index is 12.9. The van der Waals surface area contributed by atoms with Crippen LogP contribution >= 0.6 is 0 Å². The van der Waals surface area contributed by atoms with Crippen LogP contribution in [0, 0.1) is 0 Å². The van der Waals surface area contributed by atoms with E-state index in [9.17, 15) is 23.1 Å². The van der Waals surface area contributed by atoms with Crippen LogP contribution in [0.25, 0.3) is 0 Å². The Morgan fingerprint density at radius 1 is 1.21 bits per heavy atom. The van der Waals surface area contributed by atoms with Crippen molar-refractivity contribution in [3.63, 3.8) is 0 Å². The first-order valence-corrected chi connectivity index (χ1v) is 7.43. The lowest BCUT2D eigenvalue weighted by atomic mass is 10.0. The number of aromatic nitrogens is 1. The molecule has 0 aliphatic carbocycles. The molecule has 3 rings (SSSR count). The first-order valence-electron chi connectivity index (χ1n) is 7.43. The van der Waals surface area contributed by atoms with Gasteiger partial charge in [-0.15, -0.1) is 0 Å². The molecule has 0 bridgehead atoms. The largest absolute Gasteiger partial charge is 0.416 e. The minimum Gasteiger partial charge on any atom is -0.391 e. The predicted octanol–water partition coefficient (Wildman–Crippen LogP) is 3.05. The van der Waals surface area contributed by atoms with Crippen LogP contribution in [-0.4, -0.2) is 33.5 Å². The van der Waals surface area contributed by atoms with Crippen molar-refractivity contribution in [1.82, 2.24) is 9.88 Å². The van der Waals surface area contributed by atoms with Gasteiger partial charge in [0.1, 0.15) is 5.69 Å². The minimum atomic E-state index is -4.46. The number of rotatable bonds is 2. The number of nitrogens with zero attached hydrogens (tertiary/aromatic N) is 2. The van der Waals surface area contributed by atoms with Gasteiger partial charge >= 0.3 is 6.18 Å². The van der Waals surface area contributed by atoms with Gasteiger partial charge in [-0.05, 0) is 36.2 Å². The van der Waals surface area contributed by atoms with Gasteiger partial charge in [0.2, 0.25) is 0 Å². The van der Waals surface area contributed by atoms with Gasteiger partial charge in [0.05, 0.1) is 17.7 Å². The van der Waals surface area contributed by atoms with Crippen LogP contribution < -0.4 is 0 Å². The van der Waals surface area contributed by atoms with Gasteiger partial charge in [-0.2, -0.15) is 13.2 Å². The molecule has 1 aliphatic rings. The van der Waals surface area contributed by atoms with Crippen molar-refractivity contribution in [3.05, 3.63) is 65.5 Å². The van der Waals surface area contributed by atoms with Crippen LogP contribution in [0.3, 0.4) is 0 Å². The van der Waals surface area contributed by atoms with Gasteiger partial charge in [-0.3, -0.25) is 9.78 Å². The highest BCUT2D eigenvalue weighted by molar-refractivity contribution is 5.92. The van der Waals surface area contributed by atoms with Crippen molar-refractivity contribution in [1.29, 1.82) is 0 Å². The Hall–Kier alpha value is -2.41. The zero-order chi connectivity index (χ0) is 17.3. The van der Waals surface area contributed by atoms with Gasteiger partial charge in [0.25, 0.3) is 5.91 Å². The van der Waals surface area contributed by atoms with E-state index in [2.05, 4.69) is 4.98 Å². The molecule has 0 spiro atoms. The van der Waals surface area contributed by atoms with Crippen LogP contribution in [0.1, 0.15) is 34.1 Å². The van der Waals surface area contributed by atoms with Crippen molar-refractivity contribution < 1.29 is 23.1 Å². The van der Waals surface area contributed by atoms with Crippen LogP contribution in [0.4, 0.5) is 13.2 Å². The lowest BCUT2D eigenvalue weighted by Gasteiger charge is -2.25. The first kappa shape index (κ1) is 16.4. The highest BCUT2D eigenvalue weighted by atomic mass is 19.4. The smallest absolute Gasteiger partial charge is 0.391 e. The summed E-state index contributed by atoms with van der Waals surface area (Å²) in [7, 11) is 0. The van der Waals surface area contributed by atoms with E-state index in [1.807, 2.05) is 0 Å². The van der Waals surface area contributed by atoms with E-state index >= 15 is 0 Å². The van der Waals surface area contributed by atoms with Crippen molar-refractivity contribution in [2.45, 2.75) is 24.7 Å². The fourth-order valence-corrected chi connectivity index (χ4v) is 2.91. The number of carbonyl (C=O) groups excluding carboxylic acids is 1. The Kier molecular flexibility index (Phi) is 4.28. The molecule has 2 aromatic rings. The van der Waals surface area contributed by atoms with Crippen LogP contribution in [0.15, 0.2) is 48.7 Å². The third-order valence-corrected chi connectivity index (χ3v) is 4.02. The second-order valence-electron chi connectivity index (χ2n) is 5.70. The highest BCUT2D eigenvalue weighted by Crippen LogP contribution is 2.36. The number of benzene rings is 1. The predicted molar refractivity (Wildman–Crippen MR) is 80.1 cm³/mol. The second-order valence-corrected chi connectivity index (χ2v) is 5.70. The normalized spacial score (nSPS) is 21.1. The number of amides is 1. The monoisotopic (exact) mass is 336 g/mol. The summed E-state index contributed by atoms with van der Waals surface area (Å²) in [5, 5.41) is 9.92. The standard InChI is InChI=1S/C17H15F3N2O2/c18-17(19,20)12-5-3-4-11(8-12)15-9-13(23)10-22(15)16(24)14-6-1-2-7-21-14/h1-8,13,15,23H,9-10H2/t13-,15-/m0/s1. The van der Waals surface area contributed by atoms with Crippen molar-refractivity contribution in [2.75, 3.05) is 6.54 Å². The second kappa shape index (κ2) is 6.24. The van der Waals surface area contributed by atoms with E-state index in [0.29, 0.717) is 5.56 Å². The fraction of sp³-hybridized carbons (Fsp3) is 0.294. The Bertz CT molecular complexity index is 734. The molecule has 0 radical (unpaired) electrons. The maximum Gasteiger partial charge on any atom is 0.416 e. The molecule has 1 saturated heterocycles. The Balaban J connectivity index is 1.93. The van der Waals surface area contributed by atoms with E-state index in [1.165, 1.54) is 29.3 Å². The summed E-state index contributed by atoms with van der Waals surface area (Å²) in [5.41, 5.74) is -0.221. The molecular weight excluding hydrogens is 321 g/mol. The fourth-order valence-electron chi connectivity index (χ4n) is 2.91. The third-order valence-electron chi connectivity index (χ3n) is 4.02. The van der Waals surface area contributed by atoms with Crippen LogP contribution in [-0.2, 0) is 6.18 Å². The number of β-amino-alcohol motifs (C(OH)–C–C–N with tert-alkyl or cyclic N) is 1. The molecule has 2 atom stereocenters. The third kappa shape index (κ3) is 3.26. The molecule has 24 heavy (non-hydrogen) atoms. The van der Waals surface area contributed by atoms with Gasteiger partial charge in [-0.1, -0.05) is 18.2 Å². The summed E-state index contributed by atoms with van der Waals surface area (Å²) in [5.74, 6) is -0.408. The molecule has 126 valence electrons. The molecule has 0 unspecified atom stereocenters. The number of likely N-dealkylation sites (tertiary alicyclic amines) is 1. The molecule has 4 nitrogen and oxygen atoms in total. The molecule has 2 heterocycles. The average Bonchev–Trinajstić information content (AvgIpc) is 2.96. The van der Waals surface area contributed by atoms with Crippen LogP contribution in [0.5, 0.6) is 0 Å². The van der Waals surface area contributed by atoms with E-state index in [1.54, 1.807) is 12.1 Å². The molecule has 1 amide bonds. The van der Waals surface area contributed by atoms with Crippen molar-refractivity contribution >= 4 is 5.91 Å². The Morgan fingerprint density at radius 2 is 2.00 bits per heavy atom. The summed E-state index contributed by atoms with van der Waals surface area (Å²) in [4.78, 5) is 17.9. The summed E-state index contributed by atoms with van der Waals surface area (Å²) in [6.45, 7) is 0.0658. The molecule has 1 aliphatic heterocycles. The van der Waals surface area contributed by atoms with Gasteiger partial charge in [-0.25, -0.2) is 0 Å². The number of aliphatic hydroxyl groups is 1. The quantitative estimate of drug-likeness (QED) is 0.917. The average molecular weight is 336 g/mol. The molecule has 1 fully saturated rings. The highest BCUT2D eigenvalue weighted by Gasteiger charge is 2.37. The minimum absolute atomic E-state index is 0.0658. The SMILES string of the molecule is O=C(c1ccccn1)N1C[C@@H](O)C[C@H]1c1cccc(C(F)(F)F)c1. The van der Waals surface area contributed by atoms with Crippen LogP contribution in [0.2, 0.25) is 0 Å². The van der Waals surface area contributed by atoms with Gasteiger partial charge < -0.3 is 10.0 Å². The van der Waals surface area contributed by atoms with Crippen molar-refractivity contribution in [3.8, 4) is 0 Å². The number of halogens is 3. The molecule has 1 aromatic heterocycles. The maximum atomic E-state index is 12.9. The van der Waals surface area contributed by atoms with E-state index in [4.69, 9.17) is 0 Å². The summed E-state index contributed by atoms with van der Waals surface area (Å²) >= 11 is 0.